The molecule has 1 unspecified atom stereocenters. The lowest BCUT2D eigenvalue weighted by Crippen LogP contribution is -2.12. The molecule has 2 rings (SSSR count). The number of thiophene rings is 1. The SMILES string of the molecule is N#CC(C(=O)c1csc(Br)c1)c1cccc(Cl)c1F. The fraction of sp³-hybridized carbons (Fsp3) is 0.0769. The molecule has 96 valence electrons. The Labute approximate surface area is 126 Å². The van der Waals surface area contributed by atoms with Crippen molar-refractivity contribution >= 4 is 44.7 Å². The van der Waals surface area contributed by atoms with Crippen molar-refractivity contribution in [2.75, 3.05) is 0 Å². The molecule has 0 spiro atoms. The van der Waals surface area contributed by atoms with Gasteiger partial charge in [0.2, 0.25) is 0 Å². The van der Waals surface area contributed by atoms with Gasteiger partial charge >= 0.3 is 0 Å². The Morgan fingerprint density at radius 2 is 2.26 bits per heavy atom. The summed E-state index contributed by atoms with van der Waals surface area (Å²) < 4.78 is 14.7. The van der Waals surface area contributed by atoms with E-state index >= 15 is 0 Å². The van der Waals surface area contributed by atoms with Crippen molar-refractivity contribution in [2.45, 2.75) is 5.92 Å². The highest BCUT2D eigenvalue weighted by Crippen LogP contribution is 2.29. The first kappa shape index (κ1) is 14.2. The average Bonchev–Trinajstić information content (AvgIpc) is 2.82. The number of rotatable bonds is 3. The molecule has 0 saturated heterocycles. The Kier molecular flexibility index (Phi) is 4.35. The van der Waals surface area contributed by atoms with Gasteiger partial charge in [0.1, 0.15) is 11.7 Å². The number of hydrogen-bond donors (Lipinski definition) is 0. The maximum atomic E-state index is 13.9. The van der Waals surface area contributed by atoms with Gasteiger partial charge in [-0.05, 0) is 28.1 Å². The molecule has 0 bridgehead atoms. The molecule has 6 heteroatoms. The zero-order valence-corrected chi connectivity index (χ0v) is 12.5. The van der Waals surface area contributed by atoms with E-state index in [2.05, 4.69) is 15.9 Å². The fourth-order valence-electron chi connectivity index (χ4n) is 1.62. The van der Waals surface area contributed by atoms with Crippen LogP contribution in [0.15, 0.2) is 33.4 Å². The molecule has 0 aliphatic carbocycles. The van der Waals surface area contributed by atoms with Gasteiger partial charge in [-0.25, -0.2) is 4.39 Å². The van der Waals surface area contributed by atoms with E-state index in [4.69, 9.17) is 16.9 Å². The fourth-order valence-corrected chi connectivity index (χ4v) is 2.95. The van der Waals surface area contributed by atoms with Crippen LogP contribution in [0.3, 0.4) is 0 Å². The molecule has 0 saturated carbocycles. The maximum Gasteiger partial charge on any atom is 0.185 e. The number of halogens is 3. The van der Waals surface area contributed by atoms with E-state index in [1.54, 1.807) is 11.4 Å². The maximum absolute atomic E-state index is 13.9. The van der Waals surface area contributed by atoms with E-state index in [0.717, 1.165) is 3.79 Å². The normalized spacial score (nSPS) is 11.9. The standard InChI is InChI=1S/C13H6BrClFNOS/c14-11-4-7(6-19-11)13(18)9(5-17)8-2-1-3-10(15)12(8)16/h1-4,6,9H. The highest BCUT2D eigenvalue weighted by Gasteiger charge is 2.26. The molecule has 1 atom stereocenters. The van der Waals surface area contributed by atoms with Crippen LogP contribution in [0, 0.1) is 17.1 Å². The second kappa shape index (κ2) is 5.83. The molecule has 19 heavy (non-hydrogen) atoms. The molecule has 1 heterocycles. The van der Waals surface area contributed by atoms with Crippen LogP contribution < -0.4 is 0 Å². The Balaban J connectivity index is 2.43. The van der Waals surface area contributed by atoms with Crippen LogP contribution in [-0.4, -0.2) is 5.78 Å². The zero-order valence-electron chi connectivity index (χ0n) is 9.36. The first-order valence-electron chi connectivity index (χ1n) is 5.16. The molecule has 0 N–H and O–H groups in total. The zero-order chi connectivity index (χ0) is 14.0. The van der Waals surface area contributed by atoms with Gasteiger partial charge in [0.25, 0.3) is 0 Å². The number of carbonyl (C=O) groups excluding carboxylic acids is 1. The third-order valence-electron chi connectivity index (χ3n) is 2.54. The smallest absolute Gasteiger partial charge is 0.185 e. The summed E-state index contributed by atoms with van der Waals surface area (Å²) in [6.07, 6.45) is 0. The first-order chi connectivity index (χ1) is 9.04. The lowest BCUT2D eigenvalue weighted by Gasteiger charge is -2.09. The number of nitriles is 1. The van der Waals surface area contributed by atoms with Gasteiger partial charge in [0.15, 0.2) is 5.78 Å². The quantitative estimate of drug-likeness (QED) is 0.740. The van der Waals surface area contributed by atoms with Crippen molar-refractivity contribution in [3.63, 3.8) is 0 Å². The van der Waals surface area contributed by atoms with Crippen LogP contribution in [0.25, 0.3) is 0 Å². The van der Waals surface area contributed by atoms with Crippen molar-refractivity contribution in [3.05, 3.63) is 55.4 Å². The predicted octanol–water partition coefficient (Wildman–Crippen LogP) is 4.79. The van der Waals surface area contributed by atoms with Crippen LogP contribution in [0.2, 0.25) is 5.02 Å². The van der Waals surface area contributed by atoms with E-state index < -0.39 is 17.5 Å². The average molecular weight is 359 g/mol. The van der Waals surface area contributed by atoms with E-state index in [1.165, 1.54) is 29.5 Å². The van der Waals surface area contributed by atoms with Gasteiger partial charge in [-0.15, -0.1) is 11.3 Å². The van der Waals surface area contributed by atoms with Gasteiger partial charge in [-0.3, -0.25) is 4.79 Å². The number of Topliss-reactive ketones (excluding diaryl/α,β-unsaturated/α-hetero) is 1. The minimum absolute atomic E-state index is 0.00215. The molecule has 0 aliphatic heterocycles. The second-order valence-corrected chi connectivity index (χ2v) is 6.41. The molecule has 1 aromatic heterocycles. The summed E-state index contributed by atoms with van der Waals surface area (Å²) in [7, 11) is 0. The third-order valence-corrected chi connectivity index (χ3v) is 4.33. The topological polar surface area (TPSA) is 40.9 Å². The number of ketones is 1. The second-order valence-electron chi connectivity index (χ2n) is 3.71. The van der Waals surface area contributed by atoms with Crippen molar-refractivity contribution in [2.24, 2.45) is 0 Å². The summed E-state index contributed by atoms with van der Waals surface area (Å²) in [6, 6.07) is 7.73. The molecule has 0 fully saturated rings. The molecular weight excluding hydrogens is 353 g/mol. The minimum atomic E-state index is -1.19. The molecule has 1 aromatic carbocycles. The van der Waals surface area contributed by atoms with Crippen LogP contribution >= 0.6 is 38.9 Å². The summed E-state index contributed by atoms with van der Waals surface area (Å²) in [5.41, 5.74) is 0.380. The largest absolute Gasteiger partial charge is 0.292 e. The van der Waals surface area contributed by atoms with Crippen LogP contribution in [0.1, 0.15) is 21.8 Å². The molecule has 0 amide bonds. The van der Waals surface area contributed by atoms with Crippen molar-refractivity contribution < 1.29 is 9.18 Å². The number of carbonyl (C=O) groups is 1. The third kappa shape index (κ3) is 2.86. The first-order valence-corrected chi connectivity index (χ1v) is 7.21. The Bertz CT molecular complexity index is 680. The highest BCUT2D eigenvalue weighted by molar-refractivity contribution is 9.11. The van der Waals surface area contributed by atoms with Crippen molar-refractivity contribution in [1.29, 1.82) is 5.26 Å². The monoisotopic (exact) mass is 357 g/mol. The number of hydrogen-bond acceptors (Lipinski definition) is 3. The van der Waals surface area contributed by atoms with Crippen LogP contribution in [0.5, 0.6) is 0 Å². The van der Waals surface area contributed by atoms with Gasteiger partial charge < -0.3 is 0 Å². The number of nitrogens with zero attached hydrogens (tertiary/aromatic N) is 1. The van der Waals surface area contributed by atoms with E-state index in [9.17, 15) is 9.18 Å². The number of benzene rings is 1. The van der Waals surface area contributed by atoms with Gasteiger partial charge in [0, 0.05) is 16.5 Å². The minimum Gasteiger partial charge on any atom is -0.292 e. The molecule has 0 aliphatic rings. The highest BCUT2D eigenvalue weighted by atomic mass is 79.9. The van der Waals surface area contributed by atoms with Crippen molar-refractivity contribution in [1.82, 2.24) is 0 Å². The van der Waals surface area contributed by atoms with Crippen LogP contribution in [0.4, 0.5) is 4.39 Å². The lowest BCUT2D eigenvalue weighted by molar-refractivity contribution is 0.0978. The van der Waals surface area contributed by atoms with Crippen molar-refractivity contribution in [3.8, 4) is 6.07 Å². The van der Waals surface area contributed by atoms with E-state index in [1.807, 2.05) is 6.07 Å². The summed E-state index contributed by atoms with van der Waals surface area (Å²) >= 11 is 10.2. The molecule has 2 nitrogen and oxygen atoms in total. The summed E-state index contributed by atoms with van der Waals surface area (Å²) in [5.74, 6) is -2.36. The lowest BCUT2D eigenvalue weighted by atomic mass is 9.93. The Morgan fingerprint density at radius 3 is 2.84 bits per heavy atom. The Hall–Kier alpha value is -1.22. The Morgan fingerprint density at radius 1 is 1.53 bits per heavy atom. The van der Waals surface area contributed by atoms with E-state index in [0.29, 0.717) is 5.56 Å². The predicted molar refractivity (Wildman–Crippen MR) is 76.1 cm³/mol. The van der Waals surface area contributed by atoms with E-state index in [-0.39, 0.29) is 10.6 Å². The van der Waals surface area contributed by atoms with Gasteiger partial charge in [-0.1, -0.05) is 23.7 Å². The molecule has 2 aromatic rings. The van der Waals surface area contributed by atoms with Crippen LogP contribution in [-0.2, 0) is 0 Å². The molecule has 0 radical (unpaired) electrons. The summed E-state index contributed by atoms with van der Waals surface area (Å²) in [4.78, 5) is 12.2. The summed E-state index contributed by atoms with van der Waals surface area (Å²) in [6.45, 7) is 0. The molecular formula is C13H6BrClFNOS. The van der Waals surface area contributed by atoms with Gasteiger partial charge in [-0.2, -0.15) is 5.26 Å². The van der Waals surface area contributed by atoms with Gasteiger partial charge in [0.05, 0.1) is 14.9 Å². The summed E-state index contributed by atoms with van der Waals surface area (Å²) in [5, 5.41) is 10.7.